The number of hydrogen-bond donors (Lipinski definition) is 1. The number of aromatic nitrogens is 2. The van der Waals surface area contributed by atoms with Gasteiger partial charge in [-0.25, -0.2) is 9.37 Å². The van der Waals surface area contributed by atoms with Gasteiger partial charge >= 0.3 is 0 Å². The van der Waals surface area contributed by atoms with Gasteiger partial charge in [0.15, 0.2) is 6.04 Å². The van der Waals surface area contributed by atoms with E-state index in [0.717, 1.165) is 0 Å². The highest BCUT2D eigenvalue weighted by Crippen LogP contribution is 2.43. The Bertz CT molecular complexity index is 1120. The van der Waals surface area contributed by atoms with Crippen LogP contribution < -0.4 is 5.73 Å². The van der Waals surface area contributed by atoms with Gasteiger partial charge in [0.1, 0.15) is 10.7 Å². The normalized spacial score (nSPS) is 16.2. The molecule has 2 aromatic heterocycles. The summed E-state index contributed by atoms with van der Waals surface area (Å²) in [7, 11) is 0. The topological polar surface area (TPSA) is 89.2 Å². The van der Waals surface area contributed by atoms with Crippen LogP contribution in [0.15, 0.2) is 42.0 Å². The Morgan fingerprint density at radius 2 is 2.13 bits per heavy atom. The minimum atomic E-state index is -1.13. The molecule has 0 fully saturated rings. The summed E-state index contributed by atoms with van der Waals surface area (Å²) in [6.45, 7) is 1.72. The molecule has 2 N–H and O–H groups in total. The number of benzene rings is 1. The number of fused-ring (bicyclic) bond motifs is 1. The molecule has 2 atom stereocenters. The van der Waals surface area contributed by atoms with Crippen molar-refractivity contribution in [1.82, 2.24) is 14.9 Å². The number of primary amides is 1. The van der Waals surface area contributed by atoms with Crippen molar-refractivity contribution in [2.75, 3.05) is 0 Å². The van der Waals surface area contributed by atoms with Crippen molar-refractivity contribution >= 4 is 34.8 Å². The molecule has 0 radical (unpaired) electrons. The Labute approximate surface area is 181 Å². The summed E-state index contributed by atoms with van der Waals surface area (Å²) in [6, 6.07) is 6.27. The second-order valence-corrected chi connectivity index (χ2v) is 8.34. The van der Waals surface area contributed by atoms with Gasteiger partial charge in [-0.2, -0.15) is 0 Å². The highest BCUT2D eigenvalue weighted by atomic mass is 35.5. The van der Waals surface area contributed by atoms with Gasteiger partial charge in [0.2, 0.25) is 5.91 Å². The molecule has 1 unspecified atom stereocenters. The first-order chi connectivity index (χ1) is 14.4. The molecule has 4 rings (SSSR count). The van der Waals surface area contributed by atoms with Crippen molar-refractivity contribution in [1.29, 1.82) is 0 Å². The second-order valence-electron chi connectivity index (χ2n) is 7.05. The van der Waals surface area contributed by atoms with Crippen LogP contribution in [0.1, 0.15) is 50.7 Å². The SMILES string of the molecule is Cc1ncsc1C(=O)N(C(C(N)=O)c1ccccn1)[C@@H]1CCc2c(F)cc(Cl)cc21. The predicted octanol–water partition coefficient (Wildman–Crippen LogP) is 4.00. The fourth-order valence-electron chi connectivity index (χ4n) is 3.94. The minimum absolute atomic E-state index is 0.230. The number of thiazole rings is 1. The fourth-order valence-corrected chi connectivity index (χ4v) is 4.90. The van der Waals surface area contributed by atoms with E-state index < -0.39 is 29.7 Å². The molecule has 0 bridgehead atoms. The lowest BCUT2D eigenvalue weighted by Gasteiger charge is -2.35. The predicted molar refractivity (Wildman–Crippen MR) is 112 cm³/mol. The summed E-state index contributed by atoms with van der Waals surface area (Å²) in [4.78, 5) is 36.4. The van der Waals surface area contributed by atoms with Gasteiger partial charge in [-0.1, -0.05) is 17.7 Å². The van der Waals surface area contributed by atoms with Crippen LogP contribution in [-0.4, -0.2) is 26.7 Å². The minimum Gasteiger partial charge on any atom is -0.368 e. The Kier molecular flexibility index (Phi) is 5.53. The average molecular weight is 445 g/mol. The maximum atomic E-state index is 14.5. The number of aryl methyl sites for hydroxylation is 1. The van der Waals surface area contributed by atoms with E-state index in [0.29, 0.717) is 40.2 Å². The van der Waals surface area contributed by atoms with Crippen molar-refractivity contribution in [3.63, 3.8) is 0 Å². The summed E-state index contributed by atoms with van der Waals surface area (Å²) in [5.74, 6) is -1.54. The summed E-state index contributed by atoms with van der Waals surface area (Å²) in [5.41, 5.74) is 9.30. The Hall–Kier alpha value is -2.84. The maximum absolute atomic E-state index is 14.5. The summed E-state index contributed by atoms with van der Waals surface area (Å²) < 4.78 is 14.5. The van der Waals surface area contributed by atoms with Crippen LogP contribution in [0.25, 0.3) is 0 Å². The van der Waals surface area contributed by atoms with E-state index in [4.69, 9.17) is 17.3 Å². The van der Waals surface area contributed by atoms with Gasteiger partial charge in [-0.05, 0) is 55.2 Å². The zero-order chi connectivity index (χ0) is 21.4. The van der Waals surface area contributed by atoms with Gasteiger partial charge < -0.3 is 10.6 Å². The Morgan fingerprint density at radius 3 is 2.77 bits per heavy atom. The molecule has 0 saturated heterocycles. The van der Waals surface area contributed by atoms with Crippen molar-refractivity contribution in [2.45, 2.75) is 31.8 Å². The summed E-state index contributed by atoms with van der Waals surface area (Å²) in [6.07, 6.45) is 2.39. The van der Waals surface area contributed by atoms with Crippen molar-refractivity contribution < 1.29 is 14.0 Å². The van der Waals surface area contributed by atoms with E-state index in [2.05, 4.69) is 9.97 Å². The molecule has 1 aliphatic rings. The summed E-state index contributed by atoms with van der Waals surface area (Å²) >= 11 is 7.29. The van der Waals surface area contributed by atoms with Gasteiger partial charge in [-0.15, -0.1) is 11.3 Å². The first-order valence-corrected chi connectivity index (χ1v) is 10.5. The molecule has 0 aliphatic heterocycles. The molecular formula is C21H18ClFN4O2S. The number of amides is 2. The van der Waals surface area contributed by atoms with Crippen molar-refractivity contribution in [3.05, 3.63) is 80.3 Å². The van der Waals surface area contributed by atoms with Crippen LogP contribution in [0.5, 0.6) is 0 Å². The molecule has 1 aromatic carbocycles. The number of hydrogen-bond acceptors (Lipinski definition) is 5. The van der Waals surface area contributed by atoms with Gasteiger partial charge in [0.25, 0.3) is 5.91 Å². The highest BCUT2D eigenvalue weighted by Gasteiger charge is 2.41. The molecule has 2 heterocycles. The Morgan fingerprint density at radius 1 is 1.33 bits per heavy atom. The smallest absolute Gasteiger partial charge is 0.267 e. The number of halogens is 2. The van der Waals surface area contributed by atoms with Crippen molar-refractivity contribution in [2.24, 2.45) is 5.73 Å². The lowest BCUT2D eigenvalue weighted by atomic mass is 10.0. The van der Waals surface area contributed by atoms with Crippen LogP contribution >= 0.6 is 22.9 Å². The fraction of sp³-hybridized carbons (Fsp3) is 0.238. The summed E-state index contributed by atoms with van der Waals surface area (Å²) in [5, 5.41) is 0.230. The van der Waals surface area contributed by atoms with Gasteiger partial charge in [-0.3, -0.25) is 14.6 Å². The third-order valence-electron chi connectivity index (χ3n) is 5.25. The van der Waals surface area contributed by atoms with Crippen molar-refractivity contribution in [3.8, 4) is 0 Å². The van der Waals surface area contributed by atoms with Crippen LogP contribution in [0.2, 0.25) is 5.02 Å². The van der Waals surface area contributed by atoms with E-state index in [1.54, 1.807) is 36.7 Å². The standard InChI is InChI=1S/C21H18ClFN4O2S/c1-11-19(30-10-26-11)21(29)27(18(20(24)28)16-4-2-3-7-25-16)17-6-5-13-14(17)8-12(22)9-15(13)23/h2-4,7-10,17-18H,5-6H2,1H3,(H2,24,28)/t17-,18?/m1/s1. The zero-order valence-corrected chi connectivity index (χ0v) is 17.6. The first kappa shape index (κ1) is 20.4. The number of nitrogens with two attached hydrogens (primary N) is 1. The zero-order valence-electron chi connectivity index (χ0n) is 16.0. The number of rotatable bonds is 5. The molecule has 6 nitrogen and oxygen atoms in total. The lowest BCUT2D eigenvalue weighted by molar-refractivity contribution is -0.123. The molecule has 1 aliphatic carbocycles. The third-order valence-corrected chi connectivity index (χ3v) is 6.38. The number of nitrogens with zero attached hydrogens (tertiary/aromatic N) is 3. The number of carbonyl (C=O) groups excluding carboxylic acids is 2. The third kappa shape index (κ3) is 3.57. The van der Waals surface area contributed by atoms with E-state index in [-0.39, 0.29) is 5.02 Å². The average Bonchev–Trinajstić information content (AvgIpc) is 3.32. The molecule has 0 saturated carbocycles. The van der Waals surface area contributed by atoms with E-state index >= 15 is 0 Å². The lowest BCUT2D eigenvalue weighted by Crippen LogP contribution is -2.43. The molecule has 154 valence electrons. The molecule has 3 aromatic rings. The number of pyridine rings is 1. The van der Waals surface area contributed by atoms with E-state index in [9.17, 15) is 14.0 Å². The molecule has 30 heavy (non-hydrogen) atoms. The van der Waals surface area contributed by atoms with Crippen LogP contribution in [0.4, 0.5) is 4.39 Å². The second kappa shape index (κ2) is 8.12. The van der Waals surface area contributed by atoms with Crippen LogP contribution in [0.3, 0.4) is 0 Å². The maximum Gasteiger partial charge on any atom is 0.267 e. The van der Waals surface area contributed by atoms with Crippen LogP contribution in [0, 0.1) is 12.7 Å². The van der Waals surface area contributed by atoms with Crippen LogP contribution in [-0.2, 0) is 11.2 Å². The molecular weight excluding hydrogens is 427 g/mol. The van der Waals surface area contributed by atoms with Gasteiger partial charge in [0.05, 0.1) is 22.9 Å². The van der Waals surface area contributed by atoms with E-state index in [1.165, 1.54) is 28.5 Å². The molecule has 0 spiro atoms. The van der Waals surface area contributed by atoms with Gasteiger partial charge in [0, 0.05) is 11.2 Å². The quantitative estimate of drug-likeness (QED) is 0.644. The monoisotopic (exact) mass is 444 g/mol. The number of carbonyl (C=O) groups is 2. The Balaban J connectivity index is 1.89. The molecule has 9 heteroatoms. The largest absolute Gasteiger partial charge is 0.368 e. The highest BCUT2D eigenvalue weighted by molar-refractivity contribution is 7.11. The van der Waals surface area contributed by atoms with E-state index in [1.807, 2.05) is 0 Å². The molecule has 2 amide bonds. The first-order valence-electron chi connectivity index (χ1n) is 9.29.